The Morgan fingerprint density at radius 2 is 2.09 bits per heavy atom. The molecule has 0 radical (unpaired) electrons. The first-order chi connectivity index (χ1) is 11.2. The third kappa shape index (κ3) is 2.82. The van der Waals surface area contributed by atoms with Crippen molar-refractivity contribution in [2.45, 2.75) is 17.9 Å². The molecule has 23 heavy (non-hydrogen) atoms. The van der Waals surface area contributed by atoms with Crippen molar-refractivity contribution in [3.63, 3.8) is 0 Å². The monoisotopic (exact) mass is 406 g/mol. The summed E-state index contributed by atoms with van der Waals surface area (Å²) in [5.74, 6) is 1.21. The minimum absolute atomic E-state index is 0.536. The van der Waals surface area contributed by atoms with Crippen LogP contribution in [0.4, 0.5) is 0 Å². The summed E-state index contributed by atoms with van der Waals surface area (Å²) >= 11 is 6.74. The van der Waals surface area contributed by atoms with Gasteiger partial charge >= 0.3 is 0 Å². The van der Waals surface area contributed by atoms with Crippen LogP contribution in [0.5, 0.6) is 0 Å². The van der Waals surface area contributed by atoms with Gasteiger partial charge in [0.15, 0.2) is 4.96 Å². The average molecular weight is 407 g/mol. The van der Waals surface area contributed by atoms with Crippen molar-refractivity contribution in [1.82, 2.24) is 19.6 Å². The van der Waals surface area contributed by atoms with Gasteiger partial charge < -0.3 is 4.42 Å². The smallest absolute Gasteiger partial charge is 0.277 e. The van der Waals surface area contributed by atoms with E-state index in [1.807, 2.05) is 30.3 Å². The normalized spacial score (nSPS) is 11.4. The van der Waals surface area contributed by atoms with E-state index in [-0.39, 0.29) is 0 Å². The molecule has 0 spiro atoms. The summed E-state index contributed by atoms with van der Waals surface area (Å²) < 4.78 is 8.79. The number of benzene rings is 1. The maximum atomic E-state index is 5.70. The molecule has 4 aromatic rings. The molecule has 0 unspecified atom stereocenters. The summed E-state index contributed by atoms with van der Waals surface area (Å²) in [4.78, 5) is 5.62. The highest BCUT2D eigenvalue weighted by atomic mass is 79.9. The molecule has 0 aliphatic rings. The minimum Gasteiger partial charge on any atom is -0.411 e. The Morgan fingerprint density at radius 1 is 1.26 bits per heavy atom. The molecule has 116 valence electrons. The van der Waals surface area contributed by atoms with Gasteiger partial charge in [-0.3, -0.25) is 4.40 Å². The molecule has 0 amide bonds. The lowest BCUT2D eigenvalue weighted by atomic mass is 10.2. The van der Waals surface area contributed by atoms with Gasteiger partial charge in [0.2, 0.25) is 5.89 Å². The fourth-order valence-electron chi connectivity index (χ4n) is 2.19. The second-order valence-electron chi connectivity index (χ2n) is 4.87. The SMILES string of the molecule is Cc1csc2nc(CSc3nnc(-c4ccccc4)o3)c(Br)n12. The van der Waals surface area contributed by atoms with E-state index in [0.29, 0.717) is 16.9 Å². The number of hydrogen-bond donors (Lipinski definition) is 0. The van der Waals surface area contributed by atoms with E-state index in [2.05, 4.69) is 47.8 Å². The Morgan fingerprint density at radius 3 is 2.87 bits per heavy atom. The topological polar surface area (TPSA) is 56.2 Å². The van der Waals surface area contributed by atoms with Crippen molar-refractivity contribution >= 4 is 44.0 Å². The van der Waals surface area contributed by atoms with Crippen LogP contribution in [0.3, 0.4) is 0 Å². The molecule has 0 fully saturated rings. The quantitative estimate of drug-likeness (QED) is 0.455. The van der Waals surface area contributed by atoms with Gasteiger partial charge in [0.05, 0.1) is 5.69 Å². The highest BCUT2D eigenvalue weighted by molar-refractivity contribution is 9.10. The van der Waals surface area contributed by atoms with E-state index in [1.54, 1.807) is 11.3 Å². The second-order valence-corrected chi connectivity index (χ2v) is 7.39. The van der Waals surface area contributed by atoms with Gasteiger partial charge in [0.25, 0.3) is 5.22 Å². The first kappa shape index (κ1) is 14.9. The lowest BCUT2D eigenvalue weighted by molar-refractivity contribution is 0.466. The molecular weight excluding hydrogens is 396 g/mol. The molecule has 0 atom stereocenters. The largest absolute Gasteiger partial charge is 0.411 e. The summed E-state index contributed by atoms with van der Waals surface area (Å²) in [5.41, 5.74) is 3.07. The second kappa shape index (κ2) is 6.10. The van der Waals surface area contributed by atoms with Crippen LogP contribution in [0, 0.1) is 6.92 Å². The van der Waals surface area contributed by atoms with Crippen molar-refractivity contribution in [1.29, 1.82) is 0 Å². The third-order valence-electron chi connectivity index (χ3n) is 3.30. The summed E-state index contributed by atoms with van der Waals surface area (Å²) in [5, 5.41) is 10.8. The number of thioether (sulfide) groups is 1. The van der Waals surface area contributed by atoms with Gasteiger partial charge in [-0.15, -0.1) is 21.5 Å². The zero-order valence-electron chi connectivity index (χ0n) is 12.1. The van der Waals surface area contributed by atoms with Gasteiger partial charge in [-0.1, -0.05) is 30.0 Å². The number of thiazole rings is 1. The molecule has 0 bridgehead atoms. The molecular formula is C15H11BrN4OS2. The van der Waals surface area contributed by atoms with Crippen molar-refractivity contribution < 1.29 is 4.42 Å². The lowest BCUT2D eigenvalue weighted by Gasteiger charge is -1.96. The van der Waals surface area contributed by atoms with Gasteiger partial charge in [-0.25, -0.2) is 4.98 Å². The van der Waals surface area contributed by atoms with E-state index in [4.69, 9.17) is 4.42 Å². The van der Waals surface area contributed by atoms with Gasteiger partial charge in [0.1, 0.15) is 4.60 Å². The Labute approximate surface area is 148 Å². The van der Waals surface area contributed by atoms with Crippen LogP contribution in [0.15, 0.2) is 50.0 Å². The molecule has 8 heteroatoms. The molecule has 0 aliphatic carbocycles. The van der Waals surface area contributed by atoms with Crippen LogP contribution < -0.4 is 0 Å². The van der Waals surface area contributed by atoms with Crippen LogP contribution in [-0.4, -0.2) is 19.6 Å². The fourth-order valence-corrected chi connectivity index (χ4v) is 4.75. The maximum absolute atomic E-state index is 5.70. The summed E-state index contributed by atoms with van der Waals surface area (Å²) in [6.07, 6.45) is 0. The molecule has 1 aromatic carbocycles. The first-order valence-electron chi connectivity index (χ1n) is 6.85. The molecule has 0 saturated carbocycles. The Hall–Kier alpha value is -1.64. The molecule has 0 aliphatic heterocycles. The van der Waals surface area contributed by atoms with Gasteiger partial charge in [0, 0.05) is 22.4 Å². The molecule has 3 heterocycles. The van der Waals surface area contributed by atoms with E-state index >= 15 is 0 Å². The maximum Gasteiger partial charge on any atom is 0.277 e. The predicted molar refractivity (Wildman–Crippen MR) is 94.8 cm³/mol. The fraction of sp³-hybridized carbons (Fsp3) is 0.133. The zero-order chi connectivity index (χ0) is 15.8. The Bertz CT molecular complexity index is 961. The summed E-state index contributed by atoms with van der Waals surface area (Å²) in [7, 11) is 0. The molecule has 0 N–H and O–H groups in total. The van der Waals surface area contributed by atoms with Crippen LogP contribution in [-0.2, 0) is 5.75 Å². The number of aryl methyl sites for hydroxylation is 1. The van der Waals surface area contributed by atoms with Crippen LogP contribution in [0.1, 0.15) is 11.4 Å². The van der Waals surface area contributed by atoms with Crippen molar-refractivity contribution in [3.05, 3.63) is 51.7 Å². The van der Waals surface area contributed by atoms with Crippen LogP contribution in [0.2, 0.25) is 0 Å². The van der Waals surface area contributed by atoms with E-state index < -0.39 is 0 Å². The van der Waals surface area contributed by atoms with Crippen molar-refractivity contribution in [2.75, 3.05) is 0 Å². The minimum atomic E-state index is 0.536. The number of aromatic nitrogens is 4. The number of imidazole rings is 1. The lowest BCUT2D eigenvalue weighted by Crippen LogP contribution is -1.86. The zero-order valence-corrected chi connectivity index (χ0v) is 15.3. The Balaban J connectivity index is 1.52. The standard InChI is InChI=1S/C15H11BrN4OS2/c1-9-7-22-14-17-11(12(16)20(9)14)8-23-15-19-18-13(21-15)10-5-3-2-4-6-10/h2-7H,8H2,1H3. The molecule has 3 aromatic heterocycles. The number of fused-ring (bicyclic) bond motifs is 1. The highest BCUT2D eigenvalue weighted by Crippen LogP contribution is 2.30. The number of nitrogens with zero attached hydrogens (tertiary/aromatic N) is 4. The van der Waals surface area contributed by atoms with Gasteiger partial charge in [-0.05, 0) is 35.0 Å². The number of rotatable bonds is 4. The van der Waals surface area contributed by atoms with E-state index in [0.717, 1.165) is 20.8 Å². The van der Waals surface area contributed by atoms with Crippen LogP contribution >= 0.6 is 39.0 Å². The third-order valence-corrected chi connectivity index (χ3v) is 5.89. The van der Waals surface area contributed by atoms with Gasteiger partial charge in [-0.2, -0.15) is 0 Å². The summed E-state index contributed by atoms with van der Waals surface area (Å²) in [6.45, 7) is 2.07. The number of halogens is 1. The number of hydrogen-bond acceptors (Lipinski definition) is 6. The van der Waals surface area contributed by atoms with E-state index in [1.165, 1.54) is 17.5 Å². The predicted octanol–water partition coefficient (Wildman–Crippen LogP) is 4.81. The highest BCUT2D eigenvalue weighted by Gasteiger charge is 2.15. The summed E-state index contributed by atoms with van der Waals surface area (Å²) in [6, 6.07) is 9.75. The average Bonchev–Trinajstić information content (AvgIpc) is 3.25. The van der Waals surface area contributed by atoms with Crippen LogP contribution in [0.25, 0.3) is 16.4 Å². The molecule has 4 rings (SSSR count). The first-order valence-corrected chi connectivity index (χ1v) is 9.51. The van der Waals surface area contributed by atoms with Crippen molar-refractivity contribution in [3.8, 4) is 11.5 Å². The molecule has 5 nitrogen and oxygen atoms in total. The van der Waals surface area contributed by atoms with E-state index in [9.17, 15) is 0 Å². The Kier molecular flexibility index (Phi) is 3.96. The molecule has 0 saturated heterocycles. The van der Waals surface area contributed by atoms with Crippen molar-refractivity contribution in [2.24, 2.45) is 0 Å².